The van der Waals surface area contributed by atoms with Crippen LogP contribution in [0.5, 0.6) is 11.5 Å². The van der Waals surface area contributed by atoms with Crippen LogP contribution in [-0.4, -0.2) is 44.2 Å². The zero-order chi connectivity index (χ0) is 16.7. The first-order valence-electron chi connectivity index (χ1n) is 7.53. The average molecular weight is 360 g/mol. The molecule has 24 heavy (non-hydrogen) atoms. The summed E-state index contributed by atoms with van der Waals surface area (Å²) in [5, 5.41) is 16.9. The van der Waals surface area contributed by atoms with E-state index in [0.717, 1.165) is 25.9 Å². The van der Waals surface area contributed by atoms with Crippen molar-refractivity contribution < 1.29 is 19.2 Å². The number of rotatable bonds is 7. The van der Waals surface area contributed by atoms with Gasteiger partial charge >= 0.3 is 5.69 Å². The van der Waals surface area contributed by atoms with E-state index in [1.807, 2.05) is 0 Å². The van der Waals surface area contributed by atoms with Gasteiger partial charge in [-0.15, -0.1) is 12.4 Å². The summed E-state index contributed by atoms with van der Waals surface area (Å²) in [6.07, 6.45) is 2.23. The van der Waals surface area contributed by atoms with Crippen molar-refractivity contribution in [3.63, 3.8) is 0 Å². The second-order valence-corrected chi connectivity index (χ2v) is 5.40. The number of hydrogen-bond donors (Lipinski definition) is 2. The highest BCUT2D eigenvalue weighted by molar-refractivity contribution is 5.85. The molecule has 1 aromatic carbocycles. The Balaban J connectivity index is 0.00000288. The van der Waals surface area contributed by atoms with Crippen molar-refractivity contribution in [2.24, 2.45) is 5.92 Å². The summed E-state index contributed by atoms with van der Waals surface area (Å²) in [6.45, 7) is 2.44. The zero-order valence-electron chi connectivity index (χ0n) is 13.4. The van der Waals surface area contributed by atoms with Gasteiger partial charge in [-0.25, -0.2) is 0 Å². The van der Waals surface area contributed by atoms with Crippen molar-refractivity contribution in [1.82, 2.24) is 10.6 Å². The molecular weight excluding hydrogens is 338 g/mol. The Labute approximate surface area is 146 Å². The van der Waals surface area contributed by atoms with Gasteiger partial charge in [0.1, 0.15) is 5.75 Å². The number of benzene rings is 1. The number of halogens is 1. The summed E-state index contributed by atoms with van der Waals surface area (Å²) >= 11 is 0. The minimum atomic E-state index is -0.534. The summed E-state index contributed by atoms with van der Waals surface area (Å²) in [5.74, 6) is 0.684. The van der Waals surface area contributed by atoms with Crippen molar-refractivity contribution >= 4 is 24.0 Å². The molecular formula is C15H22ClN3O5. The zero-order valence-corrected chi connectivity index (χ0v) is 14.3. The number of amides is 1. The van der Waals surface area contributed by atoms with E-state index in [1.54, 1.807) is 0 Å². The molecule has 0 radical (unpaired) electrons. The van der Waals surface area contributed by atoms with E-state index in [2.05, 4.69) is 10.6 Å². The van der Waals surface area contributed by atoms with Crippen LogP contribution >= 0.6 is 12.4 Å². The highest BCUT2D eigenvalue weighted by Gasteiger charge is 2.16. The van der Waals surface area contributed by atoms with E-state index in [9.17, 15) is 14.9 Å². The molecule has 0 aromatic heterocycles. The molecule has 0 bridgehead atoms. The van der Waals surface area contributed by atoms with Crippen LogP contribution in [0.2, 0.25) is 0 Å². The molecule has 1 saturated heterocycles. The molecule has 0 saturated carbocycles. The number of nitrogens with zero attached hydrogens (tertiary/aromatic N) is 1. The maximum atomic E-state index is 11.8. The van der Waals surface area contributed by atoms with Gasteiger partial charge in [0.25, 0.3) is 5.91 Å². The van der Waals surface area contributed by atoms with Crippen molar-refractivity contribution in [2.45, 2.75) is 12.8 Å². The molecule has 134 valence electrons. The van der Waals surface area contributed by atoms with Gasteiger partial charge in [-0.05, 0) is 37.9 Å². The van der Waals surface area contributed by atoms with Crippen LogP contribution in [0.15, 0.2) is 18.2 Å². The van der Waals surface area contributed by atoms with Crippen LogP contribution in [0, 0.1) is 16.0 Å². The lowest BCUT2D eigenvalue weighted by molar-refractivity contribution is -0.385. The molecule has 1 aromatic rings. The molecule has 1 aliphatic rings. The minimum Gasteiger partial charge on any atom is -0.490 e. The maximum Gasteiger partial charge on any atom is 0.311 e. The van der Waals surface area contributed by atoms with Gasteiger partial charge in [-0.2, -0.15) is 0 Å². The molecule has 1 atom stereocenters. The Morgan fingerprint density at radius 1 is 1.50 bits per heavy atom. The molecule has 0 spiro atoms. The van der Waals surface area contributed by atoms with E-state index in [0.29, 0.717) is 18.2 Å². The summed E-state index contributed by atoms with van der Waals surface area (Å²) in [6, 6.07) is 4.13. The molecule has 2 rings (SSSR count). The van der Waals surface area contributed by atoms with Gasteiger partial charge in [0, 0.05) is 18.7 Å². The Morgan fingerprint density at radius 3 is 2.92 bits per heavy atom. The molecule has 8 nitrogen and oxygen atoms in total. The number of piperidine rings is 1. The number of methoxy groups -OCH3 is 1. The van der Waals surface area contributed by atoms with E-state index < -0.39 is 4.92 Å². The molecule has 0 aliphatic carbocycles. The van der Waals surface area contributed by atoms with Crippen molar-refractivity contribution in [3.8, 4) is 11.5 Å². The van der Waals surface area contributed by atoms with Gasteiger partial charge in [0.05, 0.1) is 12.0 Å². The maximum absolute atomic E-state index is 11.8. The second-order valence-electron chi connectivity index (χ2n) is 5.40. The van der Waals surface area contributed by atoms with Gasteiger partial charge < -0.3 is 20.1 Å². The first-order chi connectivity index (χ1) is 11.1. The lowest BCUT2D eigenvalue weighted by Gasteiger charge is -2.22. The lowest BCUT2D eigenvalue weighted by atomic mass is 10.00. The van der Waals surface area contributed by atoms with Gasteiger partial charge in [0.15, 0.2) is 6.61 Å². The van der Waals surface area contributed by atoms with Crippen molar-refractivity contribution in [1.29, 1.82) is 0 Å². The predicted octanol–water partition coefficient (Wildman–Crippen LogP) is 1.52. The van der Waals surface area contributed by atoms with Crippen LogP contribution in [0.4, 0.5) is 5.69 Å². The number of nitro groups is 1. The summed E-state index contributed by atoms with van der Waals surface area (Å²) in [5.41, 5.74) is -0.144. The first-order valence-corrected chi connectivity index (χ1v) is 7.53. The third kappa shape index (κ3) is 5.86. The van der Waals surface area contributed by atoms with Crippen LogP contribution in [0.3, 0.4) is 0 Å². The van der Waals surface area contributed by atoms with Gasteiger partial charge in [-0.1, -0.05) is 0 Å². The van der Waals surface area contributed by atoms with Crippen molar-refractivity contribution in [2.75, 3.05) is 33.4 Å². The van der Waals surface area contributed by atoms with E-state index in [-0.39, 0.29) is 36.4 Å². The fourth-order valence-corrected chi connectivity index (χ4v) is 2.45. The van der Waals surface area contributed by atoms with Crippen LogP contribution in [0.25, 0.3) is 0 Å². The Morgan fingerprint density at radius 2 is 2.29 bits per heavy atom. The summed E-state index contributed by atoms with van der Waals surface area (Å²) in [7, 11) is 1.34. The summed E-state index contributed by atoms with van der Waals surface area (Å²) < 4.78 is 10.3. The minimum absolute atomic E-state index is 0. The van der Waals surface area contributed by atoms with E-state index in [1.165, 1.54) is 25.3 Å². The Kier molecular flexibility index (Phi) is 8.28. The molecule has 2 N–H and O–H groups in total. The Hall–Kier alpha value is -2.06. The quantitative estimate of drug-likeness (QED) is 0.565. The predicted molar refractivity (Wildman–Crippen MR) is 91.0 cm³/mol. The van der Waals surface area contributed by atoms with E-state index >= 15 is 0 Å². The third-order valence-corrected chi connectivity index (χ3v) is 3.70. The average Bonchev–Trinajstić information content (AvgIpc) is 2.58. The fraction of sp³-hybridized carbons (Fsp3) is 0.533. The molecule has 1 fully saturated rings. The number of carbonyl (C=O) groups excluding carboxylic acids is 1. The monoisotopic (exact) mass is 359 g/mol. The van der Waals surface area contributed by atoms with Gasteiger partial charge in [0.2, 0.25) is 5.75 Å². The molecule has 1 unspecified atom stereocenters. The third-order valence-electron chi connectivity index (χ3n) is 3.70. The number of hydrogen-bond acceptors (Lipinski definition) is 6. The normalized spacial score (nSPS) is 16.6. The molecule has 1 amide bonds. The van der Waals surface area contributed by atoms with Crippen LogP contribution < -0.4 is 20.1 Å². The largest absolute Gasteiger partial charge is 0.490 e. The molecule has 1 heterocycles. The van der Waals surface area contributed by atoms with E-state index in [4.69, 9.17) is 9.47 Å². The standard InChI is InChI=1S/C15H21N3O5.ClH/c1-22-14-7-12(4-5-13(14)18(20)21)23-10-15(19)17-9-11-3-2-6-16-8-11;/h4-5,7,11,16H,2-3,6,8-10H2,1H3,(H,17,19);1H. The molecule has 1 aliphatic heterocycles. The fourth-order valence-electron chi connectivity index (χ4n) is 2.45. The number of nitrogens with one attached hydrogen (secondary N) is 2. The SMILES string of the molecule is COc1cc(OCC(=O)NCC2CCCNC2)ccc1[N+](=O)[O-].Cl. The summed E-state index contributed by atoms with van der Waals surface area (Å²) in [4.78, 5) is 22.1. The van der Waals surface area contributed by atoms with Crippen LogP contribution in [-0.2, 0) is 4.79 Å². The second kappa shape index (κ2) is 9.94. The highest BCUT2D eigenvalue weighted by atomic mass is 35.5. The lowest BCUT2D eigenvalue weighted by Crippen LogP contribution is -2.39. The van der Waals surface area contributed by atoms with Crippen molar-refractivity contribution in [3.05, 3.63) is 28.3 Å². The van der Waals surface area contributed by atoms with Crippen LogP contribution in [0.1, 0.15) is 12.8 Å². The number of ether oxygens (including phenoxy) is 2. The topological polar surface area (TPSA) is 103 Å². The van der Waals surface area contributed by atoms with Gasteiger partial charge in [-0.3, -0.25) is 14.9 Å². The Bertz CT molecular complexity index is 564. The number of nitro benzene ring substituents is 1. The molecule has 9 heteroatoms. The first kappa shape index (κ1) is 20.0. The smallest absolute Gasteiger partial charge is 0.311 e. The number of carbonyl (C=O) groups is 1. The highest BCUT2D eigenvalue weighted by Crippen LogP contribution is 2.30.